The third kappa shape index (κ3) is 5.19. The first kappa shape index (κ1) is 22.8. The average Bonchev–Trinajstić information content (AvgIpc) is 2.83. The van der Waals surface area contributed by atoms with Gasteiger partial charge in [0.05, 0.1) is 36.6 Å². The monoisotopic (exact) mass is 474 g/mol. The Balaban J connectivity index is 1.57. The number of carbonyl (C=O) groups excluding carboxylic acids is 1. The minimum Gasteiger partial charge on any atom is -0.493 e. The lowest BCUT2D eigenvalue weighted by molar-refractivity contribution is 0.126. The molecule has 0 aliphatic heterocycles. The molecule has 1 aliphatic carbocycles. The Bertz CT molecular complexity index is 1150. The van der Waals surface area contributed by atoms with Gasteiger partial charge in [-0.15, -0.1) is 0 Å². The number of nitrogens with zero attached hydrogens (tertiary/aromatic N) is 2. The van der Waals surface area contributed by atoms with Crippen LogP contribution in [0.25, 0.3) is 10.9 Å². The highest BCUT2D eigenvalue weighted by Crippen LogP contribution is 2.37. The molecule has 1 aromatic heterocycles. The Morgan fingerprint density at radius 1 is 1.12 bits per heavy atom. The van der Waals surface area contributed by atoms with E-state index in [2.05, 4.69) is 25.3 Å². The molecule has 2 N–H and O–H groups in total. The fraction of sp³-hybridized carbons (Fsp3) is 0.348. The number of hydrogen-bond acceptors (Lipinski definition) is 7. The van der Waals surface area contributed by atoms with Crippen LogP contribution in [0.4, 0.5) is 20.7 Å². The summed E-state index contributed by atoms with van der Waals surface area (Å²) in [5.74, 6) is 0.933. The van der Waals surface area contributed by atoms with E-state index in [0.29, 0.717) is 28.2 Å². The number of alkyl carbamates (subject to hydrolysis) is 1. The second kappa shape index (κ2) is 10.1. The summed E-state index contributed by atoms with van der Waals surface area (Å²) in [7, 11) is 2.91. The van der Waals surface area contributed by atoms with Crippen molar-refractivity contribution in [1.82, 2.24) is 15.3 Å². The number of amides is 1. The molecule has 1 fully saturated rings. The van der Waals surface area contributed by atoms with Crippen LogP contribution in [0.15, 0.2) is 36.7 Å². The maximum Gasteiger partial charge on any atom is 0.407 e. The number of methoxy groups -OCH3 is 2. The molecule has 2 aromatic carbocycles. The molecule has 174 valence electrons. The molecular weight excluding hydrogens is 451 g/mol. The van der Waals surface area contributed by atoms with Gasteiger partial charge in [0.25, 0.3) is 0 Å². The van der Waals surface area contributed by atoms with Gasteiger partial charge in [-0.1, -0.05) is 17.7 Å². The van der Waals surface area contributed by atoms with E-state index in [9.17, 15) is 9.18 Å². The molecule has 1 saturated carbocycles. The van der Waals surface area contributed by atoms with Gasteiger partial charge < -0.3 is 24.8 Å². The van der Waals surface area contributed by atoms with Gasteiger partial charge in [-0.25, -0.2) is 19.2 Å². The maximum atomic E-state index is 14.4. The number of rotatable bonds is 6. The molecule has 8 nitrogen and oxygen atoms in total. The number of benzene rings is 2. The Morgan fingerprint density at radius 3 is 2.64 bits per heavy atom. The summed E-state index contributed by atoms with van der Waals surface area (Å²) in [5.41, 5.74) is 0.822. The number of carbonyl (C=O) groups is 1. The van der Waals surface area contributed by atoms with E-state index >= 15 is 0 Å². The van der Waals surface area contributed by atoms with Crippen LogP contribution in [0, 0.1) is 5.82 Å². The summed E-state index contributed by atoms with van der Waals surface area (Å²) in [6.45, 7) is 0. The first-order valence-corrected chi connectivity index (χ1v) is 10.9. The van der Waals surface area contributed by atoms with Crippen molar-refractivity contribution >= 4 is 40.1 Å². The summed E-state index contributed by atoms with van der Waals surface area (Å²) in [5, 5.41) is 6.49. The molecule has 3 aromatic rings. The highest BCUT2D eigenvalue weighted by molar-refractivity contribution is 6.31. The molecule has 0 atom stereocenters. The molecule has 1 aliphatic rings. The van der Waals surface area contributed by atoms with Gasteiger partial charge in [-0.3, -0.25) is 0 Å². The van der Waals surface area contributed by atoms with E-state index in [0.717, 1.165) is 25.7 Å². The van der Waals surface area contributed by atoms with Crippen molar-refractivity contribution in [3.63, 3.8) is 0 Å². The molecule has 33 heavy (non-hydrogen) atoms. The fourth-order valence-electron chi connectivity index (χ4n) is 3.87. The van der Waals surface area contributed by atoms with Crippen LogP contribution in [0.3, 0.4) is 0 Å². The van der Waals surface area contributed by atoms with Crippen molar-refractivity contribution in [2.75, 3.05) is 19.5 Å². The molecule has 1 amide bonds. The van der Waals surface area contributed by atoms with Crippen molar-refractivity contribution in [3.8, 4) is 11.5 Å². The standard InChI is InChI=1S/C23H24ClFN4O4/c1-31-19-11-18-15(22(27-12-26-18)29-17-5-3-4-16(24)21(17)25)10-20(19)33-14-8-6-13(7-9-14)28-23(30)32-2/h3-5,10-14H,6-9H2,1-2H3,(H,28,30)(H,26,27,29)/t13-,14-. The van der Waals surface area contributed by atoms with Gasteiger partial charge in [-0.05, 0) is 43.9 Å². The molecule has 0 radical (unpaired) electrons. The Kier molecular flexibility index (Phi) is 6.98. The van der Waals surface area contributed by atoms with Gasteiger partial charge >= 0.3 is 6.09 Å². The van der Waals surface area contributed by atoms with Gasteiger partial charge in [0.15, 0.2) is 17.3 Å². The number of halogens is 2. The highest BCUT2D eigenvalue weighted by atomic mass is 35.5. The van der Waals surface area contributed by atoms with Crippen LogP contribution < -0.4 is 20.1 Å². The predicted octanol–water partition coefficient (Wildman–Crippen LogP) is 5.22. The zero-order valence-electron chi connectivity index (χ0n) is 18.2. The molecule has 10 heteroatoms. The zero-order valence-corrected chi connectivity index (χ0v) is 19.0. The second-order valence-electron chi connectivity index (χ2n) is 7.70. The maximum absolute atomic E-state index is 14.4. The highest BCUT2D eigenvalue weighted by Gasteiger charge is 2.25. The number of hydrogen-bond donors (Lipinski definition) is 2. The summed E-state index contributed by atoms with van der Waals surface area (Å²) in [4.78, 5) is 20.0. The largest absolute Gasteiger partial charge is 0.493 e. The van der Waals surface area contributed by atoms with Crippen molar-refractivity contribution in [2.24, 2.45) is 0 Å². The van der Waals surface area contributed by atoms with Crippen LogP contribution in [0.5, 0.6) is 11.5 Å². The Hall–Kier alpha value is -3.33. The summed E-state index contributed by atoms with van der Waals surface area (Å²) in [6.07, 6.45) is 4.01. The van der Waals surface area contributed by atoms with Crippen LogP contribution in [-0.2, 0) is 4.74 Å². The summed E-state index contributed by atoms with van der Waals surface area (Å²) < 4.78 is 30.9. The molecule has 0 bridgehead atoms. The normalized spacial score (nSPS) is 17.9. The van der Waals surface area contributed by atoms with E-state index in [1.54, 1.807) is 31.4 Å². The van der Waals surface area contributed by atoms with Crippen molar-refractivity contribution < 1.29 is 23.4 Å². The van der Waals surface area contributed by atoms with Gasteiger partial charge in [0.2, 0.25) is 0 Å². The third-order valence-electron chi connectivity index (χ3n) is 5.60. The first-order chi connectivity index (χ1) is 16.0. The fourth-order valence-corrected chi connectivity index (χ4v) is 4.05. The topological polar surface area (TPSA) is 94.6 Å². The third-order valence-corrected chi connectivity index (χ3v) is 5.89. The van der Waals surface area contributed by atoms with E-state index in [1.165, 1.54) is 19.5 Å². The molecule has 1 heterocycles. The van der Waals surface area contributed by atoms with Gasteiger partial charge in [0.1, 0.15) is 12.1 Å². The lowest BCUT2D eigenvalue weighted by atomic mass is 9.93. The van der Waals surface area contributed by atoms with Crippen LogP contribution in [-0.4, -0.2) is 42.4 Å². The Labute approximate surface area is 195 Å². The summed E-state index contributed by atoms with van der Waals surface area (Å²) in [6, 6.07) is 8.32. The summed E-state index contributed by atoms with van der Waals surface area (Å²) >= 11 is 5.90. The lowest BCUT2D eigenvalue weighted by Gasteiger charge is -2.29. The van der Waals surface area contributed by atoms with Crippen molar-refractivity contribution in [3.05, 3.63) is 47.5 Å². The smallest absolute Gasteiger partial charge is 0.407 e. The lowest BCUT2D eigenvalue weighted by Crippen LogP contribution is -2.39. The minimum atomic E-state index is -0.562. The second-order valence-corrected chi connectivity index (χ2v) is 8.10. The van der Waals surface area contributed by atoms with Crippen molar-refractivity contribution in [2.45, 2.75) is 37.8 Å². The molecule has 0 unspecified atom stereocenters. The van der Waals surface area contributed by atoms with E-state index < -0.39 is 11.9 Å². The number of anilines is 2. The molecular formula is C23H24ClFN4O4. The average molecular weight is 475 g/mol. The molecule has 4 rings (SSSR count). The molecule has 0 saturated heterocycles. The SMILES string of the molecule is COC(=O)N[C@H]1CC[C@H](Oc2cc3c(Nc4cccc(Cl)c4F)ncnc3cc2OC)CC1. The van der Waals surface area contributed by atoms with E-state index in [-0.39, 0.29) is 22.9 Å². The van der Waals surface area contributed by atoms with Crippen LogP contribution in [0.1, 0.15) is 25.7 Å². The number of nitrogens with one attached hydrogen (secondary N) is 2. The number of aromatic nitrogens is 2. The number of ether oxygens (including phenoxy) is 3. The van der Waals surface area contributed by atoms with Crippen molar-refractivity contribution in [1.29, 1.82) is 0 Å². The van der Waals surface area contributed by atoms with Gasteiger partial charge in [-0.2, -0.15) is 0 Å². The van der Waals surface area contributed by atoms with E-state index in [1.807, 2.05) is 0 Å². The van der Waals surface area contributed by atoms with Crippen LogP contribution >= 0.6 is 11.6 Å². The molecule has 0 spiro atoms. The van der Waals surface area contributed by atoms with E-state index in [4.69, 9.17) is 21.1 Å². The quantitative estimate of drug-likeness (QED) is 0.505. The Morgan fingerprint density at radius 2 is 1.91 bits per heavy atom. The minimum absolute atomic E-state index is 0.0151. The zero-order chi connectivity index (χ0) is 23.4. The van der Waals surface area contributed by atoms with Crippen LogP contribution in [0.2, 0.25) is 5.02 Å². The van der Waals surface area contributed by atoms with Gasteiger partial charge in [0, 0.05) is 17.5 Å². The first-order valence-electron chi connectivity index (χ1n) is 10.5. The predicted molar refractivity (Wildman–Crippen MR) is 123 cm³/mol. The number of fused-ring (bicyclic) bond motifs is 1.